The summed E-state index contributed by atoms with van der Waals surface area (Å²) >= 11 is 0. The van der Waals surface area contributed by atoms with Crippen LogP contribution in [0.15, 0.2) is 23.3 Å². The number of rotatable bonds is 3. The zero-order chi connectivity index (χ0) is 18.3. The standard InChI is InChI=1S/C16H19F3N6O.HI/c1-20-15(22-11-6-10-3-4-12(11)26-10)21-7-14-24-23-13-5-2-9(8-25(13)14)16(17,18)19;/h2,5,8,10-12H,3-4,6-7H2,1H3,(H2,20,21,22);1H. The van der Waals surface area contributed by atoms with Crippen LogP contribution in [0.25, 0.3) is 5.65 Å². The highest BCUT2D eigenvalue weighted by molar-refractivity contribution is 14.0. The maximum atomic E-state index is 12.9. The van der Waals surface area contributed by atoms with Crippen LogP contribution in [0.2, 0.25) is 0 Å². The van der Waals surface area contributed by atoms with Gasteiger partial charge in [-0.25, -0.2) is 0 Å². The van der Waals surface area contributed by atoms with E-state index in [9.17, 15) is 13.2 Å². The fraction of sp³-hybridized carbons (Fsp3) is 0.562. The van der Waals surface area contributed by atoms with Crippen LogP contribution >= 0.6 is 24.0 Å². The third kappa shape index (κ3) is 4.13. The van der Waals surface area contributed by atoms with Crippen LogP contribution in [0, 0.1) is 0 Å². The van der Waals surface area contributed by atoms with Crippen LogP contribution in [-0.4, -0.2) is 45.9 Å². The van der Waals surface area contributed by atoms with Crippen molar-refractivity contribution in [1.29, 1.82) is 0 Å². The van der Waals surface area contributed by atoms with Crippen LogP contribution in [0.1, 0.15) is 30.7 Å². The molecule has 148 valence electrons. The van der Waals surface area contributed by atoms with Gasteiger partial charge in [-0.05, 0) is 31.4 Å². The molecule has 2 bridgehead atoms. The van der Waals surface area contributed by atoms with E-state index in [2.05, 4.69) is 25.8 Å². The first-order chi connectivity index (χ1) is 12.4. The van der Waals surface area contributed by atoms with Crippen molar-refractivity contribution in [3.05, 3.63) is 29.7 Å². The van der Waals surface area contributed by atoms with Crippen LogP contribution in [-0.2, 0) is 17.5 Å². The summed E-state index contributed by atoms with van der Waals surface area (Å²) < 4.78 is 45.9. The van der Waals surface area contributed by atoms with Gasteiger partial charge >= 0.3 is 6.18 Å². The largest absolute Gasteiger partial charge is 0.417 e. The van der Waals surface area contributed by atoms with E-state index < -0.39 is 11.7 Å². The Labute approximate surface area is 170 Å². The Kier molecular flexibility index (Phi) is 5.79. The highest BCUT2D eigenvalue weighted by atomic mass is 127. The van der Waals surface area contributed by atoms with E-state index >= 15 is 0 Å². The smallest absolute Gasteiger partial charge is 0.373 e. The molecule has 7 nitrogen and oxygen atoms in total. The maximum absolute atomic E-state index is 12.9. The van der Waals surface area contributed by atoms with Gasteiger partial charge in [0.25, 0.3) is 0 Å². The van der Waals surface area contributed by atoms with Gasteiger partial charge in [-0.1, -0.05) is 0 Å². The van der Waals surface area contributed by atoms with Crippen LogP contribution < -0.4 is 10.6 Å². The van der Waals surface area contributed by atoms with Gasteiger partial charge in [0, 0.05) is 13.2 Å². The van der Waals surface area contributed by atoms with Gasteiger partial charge < -0.3 is 15.4 Å². The van der Waals surface area contributed by atoms with E-state index in [0.29, 0.717) is 23.5 Å². The lowest BCUT2D eigenvalue weighted by Crippen LogP contribution is -2.47. The first-order valence-corrected chi connectivity index (χ1v) is 8.47. The number of hydrogen-bond acceptors (Lipinski definition) is 4. The van der Waals surface area contributed by atoms with Crippen molar-refractivity contribution in [2.75, 3.05) is 7.05 Å². The van der Waals surface area contributed by atoms with E-state index in [4.69, 9.17) is 4.74 Å². The van der Waals surface area contributed by atoms with E-state index in [1.165, 1.54) is 10.5 Å². The molecular formula is C16H20F3IN6O. The molecule has 2 aromatic heterocycles. The van der Waals surface area contributed by atoms with E-state index in [-0.39, 0.29) is 42.7 Å². The molecule has 3 atom stereocenters. The minimum atomic E-state index is -4.41. The first kappa shape index (κ1) is 20.1. The van der Waals surface area contributed by atoms with E-state index in [1.807, 2.05) is 0 Å². The summed E-state index contributed by atoms with van der Waals surface area (Å²) in [5.74, 6) is 0.938. The number of pyridine rings is 1. The number of nitrogens with zero attached hydrogens (tertiary/aromatic N) is 4. The lowest BCUT2D eigenvalue weighted by molar-refractivity contribution is -0.137. The maximum Gasteiger partial charge on any atom is 0.417 e. The molecule has 0 spiro atoms. The molecule has 4 rings (SSSR count). The molecule has 2 aliphatic heterocycles. The number of nitrogens with one attached hydrogen (secondary N) is 2. The average molecular weight is 496 g/mol. The van der Waals surface area contributed by atoms with Gasteiger partial charge in [0.15, 0.2) is 17.4 Å². The zero-order valence-corrected chi connectivity index (χ0v) is 16.9. The molecule has 3 unspecified atom stereocenters. The predicted molar refractivity (Wildman–Crippen MR) is 103 cm³/mol. The van der Waals surface area contributed by atoms with E-state index in [1.54, 1.807) is 7.05 Å². The van der Waals surface area contributed by atoms with E-state index in [0.717, 1.165) is 31.5 Å². The quantitative estimate of drug-likeness (QED) is 0.388. The van der Waals surface area contributed by atoms with Crippen LogP contribution in [0.4, 0.5) is 13.2 Å². The zero-order valence-electron chi connectivity index (χ0n) is 14.5. The molecule has 2 aliphatic rings. The molecule has 0 aliphatic carbocycles. The summed E-state index contributed by atoms with van der Waals surface area (Å²) in [7, 11) is 1.65. The number of alkyl halides is 3. The molecule has 27 heavy (non-hydrogen) atoms. The third-order valence-electron chi connectivity index (χ3n) is 4.87. The van der Waals surface area contributed by atoms with Gasteiger partial charge in [0.05, 0.1) is 30.4 Å². The average Bonchev–Trinajstić information content (AvgIpc) is 3.32. The molecular weight excluding hydrogens is 476 g/mol. The Morgan fingerprint density at radius 1 is 1.33 bits per heavy atom. The summed E-state index contributed by atoms with van der Waals surface area (Å²) in [6, 6.07) is 2.50. The van der Waals surface area contributed by atoms with Crippen LogP contribution in [0.5, 0.6) is 0 Å². The van der Waals surface area contributed by atoms with Gasteiger partial charge in [-0.3, -0.25) is 9.39 Å². The number of guanidine groups is 1. The predicted octanol–water partition coefficient (Wildman–Crippen LogP) is 2.35. The number of fused-ring (bicyclic) bond motifs is 3. The second-order valence-electron chi connectivity index (χ2n) is 6.55. The molecule has 0 saturated carbocycles. The monoisotopic (exact) mass is 496 g/mol. The SMILES string of the molecule is CN=C(NCc1nnc2ccc(C(F)(F)F)cn12)NC1CC2CCC1O2.I. The highest BCUT2D eigenvalue weighted by Crippen LogP contribution is 2.34. The molecule has 2 fully saturated rings. The Morgan fingerprint density at radius 2 is 2.15 bits per heavy atom. The van der Waals surface area contributed by atoms with Gasteiger partial charge in [-0.2, -0.15) is 13.2 Å². The molecule has 2 N–H and O–H groups in total. The highest BCUT2D eigenvalue weighted by Gasteiger charge is 2.41. The molecule has 0 aromatic carbocycles. The first-order valence-electron chi connectivity index (χ1n) is 8.47. The van der Waals surface area contributed by atoms with Gasteiger partial charge in [0.2, 0.25) is 0 Å². The summed E-state index contributed by atoms with van der Waals surface area (Å²) in [5.41, 5.74) is -0.382. The molecule has 0 radical (unpaired) electrons. The number of hydrogen-bond donors (Lipinski definition) is 2. The van der Waals surface area contributed by atoms with Crippen molar-refractivity contribution in [2.45, 2.75) is 50.2 Å². The minimum absolute atomic E-state index is 0. The van der Waals surface area contributed by atoms with Crippen molar-refractivity contribution >= 4 is 35.6 Å². The molecule has 2 aromatic rings. The van der Waals surface area contributed by atoms with Crippen molar-refractivity contribution in [3.63, 3.8) is 0 Å². The fourth-order valence-corrected chi connectivity index (χ4v) is 3.55. The molecule has 0 amide bonds. The second-order valence-corrected chi connectivity index (χ2v) is 6.55. The van der Waals surface area contributed by atoms with Crippen molar-refractivity contribution in [1.82, 2.24) is 25.2 Å². The summed E-state index contributed by atoms with van der Waals surface area (Å²) in [6.45, 7) is 0.198. The van der Waals surface area contributed by atoms with Gasteiger partial charge in [-0.15, -0.1) is 34.2 Å². The Morgan fingerprint density at radius 3 is 2.78 bits per heavy atom. The summed E-state index contributed by atoms with van der Waals surface area (Å²) in [5, 5.41) is 14.3. The van der Waals surface area contributed by atoms with Crippen molar-refractivity contribution in [2.24, 2.45) is 4.99 Å². The second kappa shape index (κ2) is 7.78. The third-order valence-corrected chi connectivity index (χ3v) is 4.87. The number of aliphatic imine (C=N–C) groups is 1. The Bertz CT molecular complexity index is 839. The van der Waals surface area contributed by atoms with Crippen molar-refractivity contribution < 1.29 is 17.9 Å². The Hall–Kier alpha value is -1.63. The molecule has 11 heteroatoms. The lowest BCUT2D eigenvalue weighted by Gasteiger charge is -2.22. The normalized spacial score (nSPS) is 24.9. The topological polar surface area (TPSA) is 75.8 Å². The van der Waals surface area contributed by atoms with Crippen molar-refractivity contribution in [3.8, 4) is 0 Å². The summed E-state index contributed by atoms with van der Waals surface area (Å²) in [4.78, 5) is 4.17. The van der Waals surface area contributed by atoms with Crippen LogP contribution in [0.3, 0.4) is 0 Å². The number of halogens is 4. The lowest BCUT2D eigenvalue weighted by atomic mass is 9.96. The molecule has 4 heterocycles. The minimum Gasteiger partial charge on any atom is -0.373 e. The fourth-order valence-electron chi connectivity index (χ4n) is 3.55. The Balaban J connectivity index is 0.00000210. The summed E-state index contributed by atoms with van der Waals surface area (Å²) in [6.07, 6.45) is 0.179. The number of ether oxygens (including phenoxy) is 1. The molecule has 2 saturated heterocycles. The van der Waals surface area contributed by atoms with Gasteiger partial charge in [0.1, 0.15) is 0 Å². The number of aromatic nitrogens is 3.